The second kappa shape index (κ2) is 11.7. The third-order valence-corrected chi connectivity index (χ3v) is 5.31. The molecule has 38 heavy (non-hydrogen) atoms. The Morgan fingerprint density at radius 2 is 1.97 bits per heavy atom. The molecule has 14 heteroatoms. The van der Waals surface area contributed by atoms with Gasteiger partial charge in [0.15, 0.2) is 11.6 Å². The molecule has 0 spiro atoms. The quantitative estimate of drug-likeness (QED) is 0.306. The lowest BCUT2D eigenvalue weighted by molar-refractivity contribution is 0.0498. The molecule has 0 aliphatic carbocycles. The summed E-state index contributed by atoms with van der Waals surface area (Å²) in [5, 5.41) is 16.4. The van der Waals surface area contributed by atoms with Crippen molar-refractivity contribution in [2.24, 2.45) is 5.73 Å². The first kappa shape index (κ1) is 28.1. The van der Waals surface area contributed by atoms with Gasteiger partial charge in [-0.15, -0.1) is 5.10 Å². The van der Waals surface area contributed by atoms with Crippen molar-refractivity contribution in [3.05, 3.63) is 42.1 Å². The van der Waals surface area contributed by atoms with Crippen molar-refractivity contribution in [1.82, 2.24) is 30.3 Å². The number of hydrogen-bond acceptors (Lipinski definition) is 10. The maximum Gasteiger partial charge on any atom is 0.407 e. The second-order valence-corrected chi connectivity index (χ2v) is 9.40. The molecule has 3 rings (SSSR count). The molecule has 3 aromatic heterocycles. The van der Waals surface area contributed by atoms with Crippen molar-refractivity contribution in [2.45, 2.75) is 58.7 Å². The predicted molar refractivity (Wildman–Crippen MR) is 138 cm³/mol. The van der Waals surface area contributed by atoms with Crippen LogP contribution in [-0.4, -0.2) is 61.8 Å². The van der Waals surface area contributed by atoms with Crippen LogP contribution in [0.15, 0.2) is 30.7 Å². The molecule has 2 atom stereocenters. The highest BCUT2D eigenvalue weighted by Gasteiger charge is 2.24. The number of hydrogen-bond donors (Lipinski definition) is 4. The van der Waals surface area contributed by atoms with Gasteiger partial charge in [0.25, 0.3) is 5.91 Å². The van der Waals surface area contributed by atoms with Gasteiger partial charge in [-0.25, -0.2) is 23.8 Å². The summed E-state index contributed by atoms with van der Waals surface area (Å²) in [6.45, 7) is 8.92. The Hall–Kier alpha value is -4.49. The van der Waals surface area contributed by atoms with E-state index in [1.807, 2.05) is 6.92 Å². The van der Waals surface area contributed by atoms with E-state index in [2.05, 4.69) is 36.2 Å². The Kier molecular flexibility index (Phi) is 8.65. The van der Waals surface area contributed by atoms with Crippen molar-refractivity contribution in [3.8, 4) is 11.6 Å². The van der Waals surface area contributed by atoms with Crippen LogP contribution in [-0.2, 0) is 4.74 Å². The van der Waals surface area contributed by atoms with Gasteiger partial charge in [0.1, 0.15) is 17.1 Å². The van der Waals surface area contributed by atoms with Crippen molar-refractivity contribution in [2.75, 3.05) is 17.7 Å². The van der Waals surface area contributed by atoms with Crippen LogP contribution in [0.2, 0.25) is 0 Å². The lowest BCUT2D eigenvalue weighted by Crippen LogP contribution is -2.47. The topological polar surface area (TPSA) is 171 Å². The monoisotopic (exact) mass is 529 g/mol. The normalized spacial score (nSPS) is 12.8. The fourth-order valence-corrected chi connectivity index (χ4v) is 3.53. The Balaban J connectivity index is 1.88. The number of carbonyl (C=O) groups excluding carboxylic acids is 2. The Morgan fingerprint density at radius 1 is 1.24 bits per heavy atom. The Labute approximate surface area is 219 Å². The summed E-state index contributed by atoms with van der Waals surface area (Å²) in [5.41, 5.74) is 5.52. The van der Waals surface area contributed by atoms with E-state index >= 15 is 0 Å². The van der Waals surface area contributed by atoms with Crippen LogP contribution in [0, 0.1) is 5.82 Å². The minimum Gasteiger partial charge on any atom is -0.479 e. The van der Waals surface area contributed by atoms with E-state index in [9.17, 15) is 14.0 Å². The molecule has 2 amide bonds. The van der Waals surface area contributed by atoms with Crippen LogP contribution in [0.4, 0.5) is 26.5 Å². The van der Waals surface area contributed by atoms with Gasteiger partial charge in [0.05, 0.1) is 43.0 Å². The Bertz CT molecular complexity index is 1280. The molecular formula is C24H32FN9O4. The van der Waals surface area contributed by atoms with E-state index in [1.54, 1.807) is 40.0 Å². The van der Waals surface area contributed by atoms with E-state index < -0.39 is 35.5 Å². The predicted octanol–water partition coefficient (Wildman–Crippen LogP) is 3.15. The van der Waals surface area contributed by atoms with E-state index in [0.29, 0.717) is 17.8 Å². The van der Waals surface area contributed by atoms with Crippen LogP contribution in [0.1, 0.15) is 51.4 Å². The van der Waals surface area contributed by atoms with Crippen LogP contribution in [0.5, 0.6) is 5.88 Å². The number of nitrogens with one attached hydrogen (secondary N) is 3. The van der Waals surface area contributed by atoms with Crippen molar-refractivity contribution >= 4 is 29.3 Å². The minimum absolute atomic E-state index is 0.00161. The second-order valence-electron chi connectivity index (χ2n) is 9.40. The molecule has 0 aliphatic rings. The molecule has 0 saturated carbocycles. The average Bonchev–Trinajstić information content (AvgIpc) is 3.38. The summed E-state index contributed by atoms with van der Waals surface area (Å²) in [5.74, 6) is -1.54. The van der Waals surface area contributed by atoms with Crippen molar-refractivity contribution in [3.63, 3.8) is 0 Å². The number of anilines is 3. The van der Waals surface area contributed by atoms with Gasteiger partial charge in [-0.3, -0.25) is 4.79 Å². The Morgan fingerprint density at radius 3 is 2.55 bits per heavy atom. The van der Waals surface area contributed by atoms with Crippen molar-refractivity contribution < 1.29 is 23.5 Å². The third-order valence-electron chi connectivity index (χ3n) is 5.31. The number of aromatic nitrogens is 5. The van der Waals surface area contributed by atoms with Gasteiger partial charge >= 0.3 is 6.09 Å². The molecule has 5 N–H and O–H groups in total. The van der Waals surface area contributed by atoms with Gasteiger partial charge in [-0.2, -0.15) is 0 Å². The number of halogens is 1. The highest BCUT2D eigenvalue weighted by atomic mass is 19.1. The molecule has 3 aromatic rings. The van der Waals surface area contributed by atoms with Gasteiger partial charge in [0.2, 0.25) is 5.88 Å². The fourth-order valence-electron chi connectivity index (χ4n) is 3.53. The summed E-state index contributed by atoms with van der Waals surface area (Å²) < 4.78 is 27.0. The first-order valence-corrected chi connectivity index (χ1v) is 11.9. The number of nitrogens with two attached hydrogens (primary N) is 1. The van der Waals surface area contributed by atoms with E-state index in [4.69, 9.17) is 15.2 Å². The van der Waals surface area contributed by atoms with Gasteiger partial charge in [-0.05, 0) is 46.2 Å². The number of alkyl carbamates (subject to hydrolysis) is 1. The summed E-state index contributed by atoms with van der Waals surface area (Å²) >= 11 is 0. The number of nitrogens with zero attached hydrogens (tertiary/aromatic N) is 5. The van der Waals surface area contributed by atoms with Gasteiger partial charge in [0, 0.05) is 6.04 Å². The van der Waals surface area contributed by atoms with E-state index in [-0.39, 0.29) is 23.1 Å². The molecule has 204 valence electrons. The number of amides is 2. The number of methoxy groups -OCH3 is 1. The fraction of sp³-hybridized carbons (Fsp3) is 0.417. The largest absolute Gasteiger partial charge is 0.479 e. The third kappa shape index (κ3) is 7.05. The molecule has 0 saturated heterocycles. The molecule has 0 bridgehead atoms. The lowest BCUT2D eigenvalue weighted by atomic mass is 10.1. The first-order chi connectivity index (χ1) is 17.9. The molecular weight excluding hydrogens is 497 g/mol. The molecule has 0 aromatic carbocycles. The summed E-state index contributed by atoms with van der Waals surface area (Å²) in [4.78, 5) is 32.9. The zero-order chi connectivity index (χ0) is 28.0. The minimum atomic E-state index is -0.880. The number of pyridine rings is 2. The molecule has 0 aliphatic heterocycles. The van der Waals surface area contributed by atoms with Crippen molar-refractivity contribution in [1.29, 1.82) is 0 Å². The molecule has 13 nitrogen and oxygen atoms in total. The number of carbonyl (C=O) groups is 2. The first-order valence-electron chi connectivity index (χ1n) is 11.9. The molecule has 0 unspecified atom stereocenters. The average molecular weight is 530 g/mol. The zero-order valence-corrected chi connectivity index (χ0v) is 22.1. The van der Waals surface area contributed by atoms with Gasteiger partial charge < -0.3 is 31.2 Å². The van der Waals surface area contributed by atoms with Crippen LogP contribution >= 0.6 is 0 Å². The number of ether oxygens (including phenoxy) is 2. The van der Waals surface area contributed by atoms with Crippen LogP contribution in [0.25, 0.3) is 5.69 Å². The maximum absolute atomic E-state index is 15.0. The van der Waals surface area contributed by atoms with E-state index in [1.165, 1.54) is 24.2 Å². The summed E-state index contributed by atoms with van der Waals surface area (Å²) in [6.07, 6.45) is 4.48. The summed E-state index contributed by atoms with van der Waals surface area (Å²) in [6, 6.07) is 1.77. The van der Waals surface area contributed by atoms with Gasteiger partial charge in [-0.1, -0.05) is 12.1 Å². The van der Waals surface area contributed by atoms with E-state index in [0.717, 1.165) is 6.07 Å². The highest BCUT2D eigenvalue weighted by molar-refractivity contribution is 5.98. The summed E-state index contributed by atoms with van der Waals surface area (Å²) in [7, 11) is 1.46. The SMILES string of the molecule is CC[C@H](NC(=O)OC(C)(C)C)[C@@H](C)Nc1nc(Nc2cnc(OC)c(-n3ccnn3)c2)c(C(N)=O)cc1F. The highest BCUT2D eigenvalue weighted by Crippen LogP contribution is 2.28. The molecule has 0 radical (unpaired) electrons. The number of primary amides is 1. The van der Waals surface area contributed by atoms with Crippen LogP contribution in [0.3, 0.4) is 0 Å². The standard InChI is InChI=1S/C24H32FN9O4/c1-7-17(31-23(36)38-24(3,4)5)13(2)29-21-16(25)11-15(19(26)35)20(32-21)30-14-10-18(22(37-6)27-12-14)34-9-8-28-33-34/h8-13,17H,7H2,1-6H3,(H2,26,35)(H,31,36)(H2,29,30,32)/t13-,17+/m1/s1. The maximum atomic E-state index is 15.0. The molecule has 0 fully saturated rings. The molecule has 3 heterocycles. The zero-order valence-electron chi connectivity index (χ0n) is 22.1. The van der Waals surface area contributed by atoms with Crippen LogP contribution < -0.4 is 26.4 Å². The smallest absolute Gasteiger partial charge is 0.407 e. The lowest BCUT2D eigenvalue weighted by Gasteiger charge is -2.27. The number of rotatable bonds is 10.